The van der Waals surface area contributed by atoms with E-state index in [2.05, 4.69) is 17.1 Å². The second kappa shape index (κ2) is 7.89. The smallest absolute Gasteiger partial charge is 0.221 e. The summed E-state index contributed by atoms with van der Waals surface area (Å²) in [5.41, 5.74) is 3.41. The number of nitrogens with zero attached hydrogens (tertiary/aromatic N) is 2. The molecule has 5 rings (SSSR count). The Morgan fingerprint density at radius 2 is 1.87 bits per heavy atom. The van der Waals surface area contributed by atoms with E-state index in [0.717, 1.165) is 39.0 Å². The molecular weight excluding hydrogens is 390 g/mol. The average Bonchev–Trinajstić information content (AvgIpc) is 2.82. The Labute approximate surface area is 180 Å². The minimum Gasteiger partial charge on any atom is -0.496 e. The van der Waals surface area contributed by atoms with Crippen LogP contribution >= 0.6 is 0 Å². The van der Waals surface area contributed by atoms with E-state index in [1.807, 2.05) is 48.5 Å². The molecule has 0 aromatic heterocycles. The van der Waals surface area contributed by atoms with Crippen LogP contribution < -0.4 is 9.47 Å². The Balaban J connectivity index is 1.79. The van der Waals surface area contributed by atoms with E-state index in [1.165, 1.54) is 0 Å². The van der Waals surface area contributed by atoms with Crippen LogP contribution in [0.2, 0.25) is 0 Å². The summed E-state index contributed by atoms with van der Waals surface area (Å²) in [5, 5.41) is 20.3. The fraction of sp³-hybridized carbons (Fsp3) is 0.200. The van der Waals surface area contributed by atoms with Gasteiger partial charge in [0.15, 0.2) is 0 Å². The highest BCUT2D eigenvalue weighted by atomic mass is 16.5. The Hall–Kier alpha value is -3.64. The molecule has 156 valence electrons. The Morgan fingerprint density at radius 1 is 1.06 bits per heavy atom. The zero-order valence-corrected chi connectivity index (χ0v) is 17.2. The summed E-state index contributed by atoms with van der Waals surface area (Å²) in [6, 6.07) is 20.1. The summed E-state index contributed by atoms with van der Waals surface area (Å²) >= 11 is 0. The monoisotopic (exact) mass is 413 g/mol. The zero-order chi connectivity index (χ0) is 21.4. The molecule has 2 aliphatic rings. The van der Waals surface area contributed by atoms with Gasteiger partial charge in [0.05, 0.1) is 19.0 Å². The molecular formula is C25H23N3O3. The Bertz CT molecular complexity index is 1230. The highest BCUT2D eigenvalue weighted by Gasteiger charge is 2.37. The van der Waals surface area contributed by atoms with Crippen molar-refractivity contribution in [3.05, 3.63) is 77.4 Å². The van der Waals surface area contributed by atoms with Gasteiger partial charge in [-0.2, -0.15) is 0 Å². The number of para-hydroxylation sites is 1. The minimum absolute atomic E-state index is 0.0603. The molecule has 0 saturated carbocycles. The van der Waals surface area contributed by atoms with Gasteiger partial charge in [-0.1, -0.05) is 48.5 Å². The maximum atomic E-state index is 9.25. The van der Waals surface area contributed by atoms with Crippen LogP contribution in [0.5, 0.6) is 11.5 Å². The molecule has 0 aliphatic carbocycles. The molecule has 0 radical (unpaired) electrons. The lowest BCUT2D eigenvalue weighted by Gasteiger charge is -2.36. The number of amidine groups is 1. The number of ether oxygens (including phenoxy) is 2. The first kappa shape index (κ1) is 19.3. The standard InChI is InChI=1S/C25H23N3O3/c1-30-20-10-5-4-9-18(20)21-19-12-11-16-7-2-3-8-17(16)23(19)31-25-22(21)24(26)28(15-27-25)13-6-14-29/h2-5,7-12,15,25-26,29H,6,13-14H2,1H3/t25-/m1/s1. The van der Waals surface area contributed by atoms with Crippen molar-refractivity contribution in [2.45, 2.75) is 12.6 Å². The second-order valence-electron chi connectivity index (χ2n) is 7.51. The molecule has 0 saturated heterocycles. The van der Waals surface area contributed by atoms with E-state index >= 15 is 0 Å². The van der Waals surface area contributed by atoms with Crippen LogP contribution in [0.15, 0.2) is 71.2 Å². The number of hydrogen-bond donors (Lipinski definition) is 2. The first-order chi connectivity index (χ1) is 15.2. The predicted molar refractivity (Wildman–Crippen MR) is 122 cm³/mol. The number of fused-ring (bicyclic) bond motifs is 4. The summed E-state index contributed by atoms with van der Waals surface area (Å²) in [6.45, 7) is 0.573. The van der Waals surface area contributed by atoms with Crippen LogP contribution in [-0.4, -0.2) is 48.7 Å². The molecule has 3 aromatic rings. The Kier molecular flexibility index (Phi) is 4.92. The van der Waals surface area contributed by atoms with Crippen molar-refractivity contribution in [2.24, 2.45) is 4.99 Å². The lowest BCUT2D eigenvalue weighted by Crippen LogP contribution is -2.43. The third-order valence-electron chi connectivity index (χ3n) is 5.71. The summed E-state index contributed by atoms with van der Waals surface area (Å²) in [6.07, 6.45) is 1.58. The van der Waals surface area contributed by atoms with Gasteiger partial charge in [0.2, 0.25) is 6.23 Å². The van der Waals surface area contributed by atoms with Gasteiger partial charge in [0, 0.05) is 35.2 Å². The normalized spacial score (nSPS) is 17.4. The van der Waals surface area contributed by atoms with Gasteiger partial charge in [-0.3, -0.25) is 5.41 Å². The van der Waals surface area contributed by atoms with Gasteiger partial charge in [0.1, 0.15) is 17.3 Å². The molecule has 6 nitrogen and oxygen atoms in total. The molecule has 2 aliphatic heterocycles. The topological polar surface area (TPSA) is 78.1 Å². The van der Waals surface area contributed by atoms with Crippen molar-refractivity contribution in [2.75, 3.05) is 20.3 Å². The van der Waals surface area contributed by atoms with Gasteiger partial charge in [-0.25, -0.2) is 4.99 Å². The average molecular weight is 413 g/mol. The summed E-state index contributed by atoms with van der Waals surface area (Å²) in [7, 11) is 1.65. The van der Waals surface area contributed by atoms with Crippen LogP contribution in [0.3, 0.4) is 0 Å². The molecule has 1 atom stereocenters. The molecule has 0 fully saturated rings. The van der Waals surface area contributed by atoms with Crippen molar-refractivity contribution in [3.8, 4) is 11.5 Å². The van der Waals surface area contributed by atoms with Crippen LogP contribution in [0.25, 0.3) is 16.3 Å². The number of methoxy groups -OCH3 is 1. The molecule has 3 aromatic carbocycles. The largest absolute Gasteiger partial charge is 0.496 e. The van der Waals surface area contributed by atoms with E-state index in [-0.39, 0.29) is 6.61 Å². The van der Waals surface area contributed by atoms with E-state index in [4.69, 9.17) is 14.9 Å². The van der Waals surface area contributed by atoms with Gasteiger partial charge >= 0.3 is 0 Å². The third kappa shape index (κ3) is 3.16. The Morgan fingerprint density at radius 3 is 2.71 bits per heavy atom. The fourth-order valence-corrected chi connectivity index (χ4v) is 4.25. The molecule has 2 heterocycles. The molecule has 2 N–H and O–H groups in total. The maximum absolute atomic E-state index is 9.25. The maximum Gasteiger partial charge on any atom is 0.221 e. The summed E-state index contributed by atoms with van der Waals surface area (Å²) in [4.78, 5) is 6.39. The predicted octanol–water partition coefficient (Wildman–Crippen LogP) is 4.07. The second-order valence-corrected chi connectivity index (χ2v) is 7.51. The molecule has 0 unspecified atom stereocenters. The fourth-order valence-electron chi connectivity index (χ4n) is 4.25. The van der Waals surface area contributed by atoms with Gasteiger partial charge in [-0.05, 0) is 23.9 Å². The number of aliphatic imine (C=N–C) groups is 1. The quantitative estimate of drug-likeness (QED) is 0.661. The first-order valence-corrected chi connectivity index (χ1v) is 10.3. The van der Waals surface area contributed by atoms with Crippen molar-refractivity contribution >= 4 is 28.5 Å². The number of benzene rings is 3. The molecule has 0 spiro atoms. The molecule has 0 amide bonds. The molecule has 0 bridgehead atoms. The van der Waals surface area contributed by atoms with Crippen LogP contribution in [0.1, 0.15) is 17.5 Å². The van der Waals surface area contributed by atoms with Crippen LogP contribution in [-0.2, 0) is 0 Å². The van der Waals surface area contributed by atoms with Crippen LogP contribution in [0.4, 0.5) is 0 Å². The van der Waals surface area contributed by atoms with E-state index in [0.29, 0.717) is 24.4 Å². The van der Waals surface area contributed by atoms with E-state index in [9.17, 15) is 5.11 Å². The van der Waals surface area contributed by atoms with Crippen LogP contribution in [0, 0.1) is 5.41 Å². The molecule has 6 heteroatoms. The van der Waals surface area contributed by atoms with Gasteiger partial charge in [-0.15, -0.1) is 0 Å². The highest BCUT2D eigenvalue weighted by molar-refractivity contribution is 6.14. The van der Waals surface area contributed by atoms with Crippen molar-refractivity contribution in [1.29, 1.82) is 5.41 Å². The van der Waals surface area contributed by atoms with Gasteiger partial charge < -0.3 is 19.5 Å². The molecule has 31 heavy (non-hydrogen) atoms. The van der Waals surface area contributed by atoms with Crippen molar-refractivity contribution in [1.82, 2.24) is 4.90 Å². The van der Waals surface area contributed by atoms with Crippen molar-refractivity contribution in [3.63, 3.8) is 0 Å². The van der Waals surface area contributed by atoms with E-state index in [1.54, 1.807) is 18.3 Å². The number of hydrogen-bond acceptors (Lipinski definition) is 5. The zero-order valence-electron chi connectivity index (χ0n) is 17.2. The first-order valence-electron chi connectivity index (χ1n) is 10.3. The SMILES string of the molecule is COc1ccccc1C1=C2C(=N)N(CCCO)C=N[C@@H]2Oc2c1ccc1ccccc21. The lowest BCUT2D eigenvalue weighted by molar-refractivity contribution is 0.243. The van der Waals surface area contributed by atoms with Crippen molar-refractivity contribution < 1.29 is 14.6 Å². The number of aliphatic hydroxyl groups excluding tert-OH is 1. The van der Waals surface area contributed by atoms with E-state index < -0.39 is 6.23 Å². The third-order valence-corrected chi connectivity index (χ3v) is 5.71. The highest BCUT2D eigenvalue weighted by Crippen LogP contribution is 2.46. The number of rotatable bonds is 5. The number of nitrogens with one attached hydrogen (secondary N) is 1. The minimum atomic E-state index is -0.615. The number of aliphatic hydroxyl groups is 1. The van der Waals surface area contributed by atoms with Gasteiger partial charge in [0.25, 0.3) is 0 Å². The summed E-state index contributed by atoms with van der Waals surface area (Å²) < 4.78 is 12.1. The lowest BCUT2D eigenvalue weighted by atomic mass is 9.86. The summed E-state index contributed by atoms with van der Waals surface area (Å²) in [5.74, 6) is 1.82.